The fourth-order valence-corrected chi connectivity index (χ4v) is 8.39. The molecule has 5 heteroatoms. The number of carbonyl (C=O) groups is 1. The lowest BCUT2D eigenvalue weighted by atomic mass is 9.48. The van der Waals surface area contributed by atoms with Crippen LogP contribution in [0.15, 0.2) is 0 Å². The van der Waals surface area contributed by atoms with E-state index in [-0.39, 0.29) is 16.6 Å². The van der Waals surface area contributed by atoms with Gasteiger partial charge in [0.05, 0.1) is 0 Å². The fraction of sp³-hybridized carbons (Fsp3) is 0.952. The lowest BCUT2D eigenvalue weighted by molar-refractivity contribution is -0.215. The predicted molar refractivity (Wildman–Crippen MR) is 108 cm³/mol. The topological polar surface area (TPSA) is 59.1 Å². The number of aliphatic hydroxyl groups is 1. The van der Waals surface area contributed by atoms with Crippen LogP contribution in [0.5, 0.6) is 0 Å². The van der Waals surface area contributed by atoms with Crippen molar-refractivity contribution in [3.05, 3.63) is 0 Å². The minimum Gasteiger partial charge on any atom is -0.365 e. The molecule has 0 bridgehead atoms. The Bertz CT molecular complexity index is 597. The Morgan fingerprint density at radius 3 is 2.62 bits per heavy atom. The van der Waals surface area contributed by atoms with Crippen LogP contribution in [0.3, 0.4) is 0 Å². The highest BCUT2D eigenvalue weighted by Crippen LogP contribution is 2.73. The molecule has 0 spiro atoms. The smallest absolute Gasteiger partial charge is 0.198 e. The molecule has 148 valence electrons. The van der Waals surface area contributed by atoms with Crippen molar-refractivity contribution in [2.75, 3.05) is 7.11 Å². The molecule has 1 saturated heterocycles. The monoisotopic (exact) mass is 476 g/mol. The van der Waals surface area contributed by atoms with Crippen molar-refractivity contribution in [2.45, 2.75) is 95.0 Å². The summed E-state index contributed by atoms with van der Waals surface area (Å²) >= 11 is 2.07. The molecule has 1 heterocycles. The number of fused-ring (bicyclic) bond motifs is 1. The molecule has 0 amide bonds. The minimum absolute atomic E-state index is 0.0547. The van der Waals surface area contributed by atoms with E-state index in [1.54, 1.807) is 7.11 Å². The van der Waals surface area contributed by atoms with Gasteiger partial charge in [-0.15, -0.1) is 0 Å². The van der Waals surface area contributed by atoms with Crippen molar-refractivity contribution in [2.24, 2.45) is 23.2 Å². The number of carbonyl (C=O) groups excluding carboxylic acids is 1. The van der Waals surface area contributed by atoms with E-state index in [1.165, 1.54) is 0 Å². The summed E-state index contributed by atoms with van der Waals surface area (Å²) in [5.41, 5.74) is -0.361. The second-order valence-corrected chi connectivity index (χ2v) is 10.3. The first-order valence-electron chi connectivity index (χ1n) is 10.5. The molecule has 4 nitrogen and oxygen atoms in total. The molecule has 4 fully saturated rings. The van der Waals surface area contributed by atoms with Crippen molar-refractivity contribution >= 4 is 26.4 Å². The Balaban J connectivity index is 1.64. The van der Waals surface area contributed by atoms with Gasteiger partial charge in [-0.2, -0.15) is 0 Å². The lowest BCUT2D eigenvalue weighted by Gasteiger charge is -2.55. The highest BCUT2D eigenvalue weighted by Gasteiger charge is 2.79. The van der Waals surface area contributed by atoms with E-state index < -0.39 is 5.79 Å². The van der Waals surface area contributed by atoms with Gasteiger partial charge in [-0.3, -0.25) is 4.79 Å². The summed E-state index contributed by atoms with van der Waals surface area (Å²) in [6.45, 7) is 4.46. The summed E-state index contributed by atoms with van der Waals surface area (Å²) < 4.78 is 12.3. The van der Waals surface area contributed by atoms with Crippen LogP contribution in [0.2, 0.25) is 0 Å². The quantitative estimate of drug-likeness (QED) is 0.273. The number of ether oxygens (including phenoxy) is 2. The first kappa shape index (κ1) is 19.6. The average molecular weight is 476 g/mol. The molecule has 0 radical (unpaired) electrons. The van der Waals surface area contributed by atoms with Crippen LogP contribution < -0.4 is 0 Å². The van der Waals surface area contributed by atoms with Crippen LogP contribution in [0.1, 0.15) is 78.1 Å². The van der Waals surface area contributed by atoms with Crippen LogP contribution in [-0.4, -0.2) is 33.0 Å². The molecule has 26 heavy (non-hydrogen) atoms. The second kappa shape index (κ2) is 6.39. The van der Waals surface area contributed by atoms with Gasteiger partial charge in [0.15, 0.2) is 9.58 Å². The van der Waals surface area contributed by atoms with E-state index in [1.807, 2.05) is 0 Å². The summed E-state index contributed by atoms with van der Waals surface area (Å²) in [5, 5.41) is 10.7. The molecular formula is C21H33IO4. The highest BCUT2D eigenvalue weighted by molar-refractivity contribution is 14.1. The number of epoxide rings is 1. The van der Waals surface area contributed by atoms with Crippen LogP contribution in [0.25, 0.3) is 0 Å². The number of methoxy groups -OCH3 is 1. The number of hydrogen-bond donors (Lipinski definition) is 1. The van der Waals surface area contributed by atoms with E-state index in [4.69, 9.17) is 9.47 Å². The van der Waals surface area contributed by atoms with Crippen LogP contribution in [-0.2, 0) is 14.3 Å². The number of rotatable bonds is 5. The van der Waals surface area contributed by atoms with Crippen LogP contribution in [0.4, 0.5) is 0 Å². The molecule has 3 aliphatic carbocycles. The molecule has 4 aliphatic rings. The number of halogens is 1. The van der Waals surface area contributed by atoms with Gasteiger partial charge >= 0.3 is 0 Å². The van der Waals surface area contributed by atoms with Gasteiger partial charge < -0.3 is 14.6 Å². The van der Waals surface area contributed by atoms with Crippen LogP contribution >= 0.6 is 22.6 Å². The molecule has 4 rings (SSSR count). The molecule has 0 aromatic rings. The van der Waals surface area contributed by atoms with Gasteiger partial charge in [0.2, 0.25) is 0 Å². The summed E-state index contributed by atoms with van der Waals surface area (Å²) in [7, 11) is 1.61. The second-order valence-electron chi connectivity index (χ2n) is 9.34. The summed E-state index contributed by atoms with van der Waals surface area (Å²) in [6, 6.07) is 0. The Morgan fingerprint density at radius 1 is 1.23 bits per heavy atom. The Morgan fingerprint density at radius 2 is 2.00 bits per heavy atom. The van der Waals surface area contributed by atoms with E-state index in [0.29, 0.717) is 34.4 Å². The normalized spacial score (nSPS) is 52.6. The molecule has 0 aromatic carbocycles. The molecule has 1 aliphatic heterocycles. The summed E-state index contributed by atoms with van der Waals surface area (Å²) in [4.78, 5) is 12.7. The standard InChI is InChI=1S/C21H33IO4/c1-4-6-15-14-7-10-19-13-20(24,25-3)11-12-21(19,26-19)16(14)8-9-18(15,5-2)17(22)23/h14-16,24H,4-13H2,1-3H3/t14?,15?,16?,18?,19-,20?,21+/m0/s1. The van der Waals surface area contributed by atoms with E-state index >= 15 is 0 Å². The SMILES string of the molecule is CCCC1C2CC[C@]34CC(O)(OC)CC[C@@]3(O4)C2CCC1(CC)C(=O)I. The predicted octanol–water partition coefficient (Wildman–Crippen LogP) is 4.61. The van der Waals surface area contributed by atoms with Crippen LogP contribution in [0, 0.1) is 23.2 Å². The molecule has 1 N–H and O–H groups in total. The minimum atomic E-state index is -1.02. The van der Waals surface area contributed by atoms with Gasteiger partial charge in [0, 0.05) is 48.0 Å². The Kier molecular flexibility index (Phi) is 4.82. The first-order valence-corrected chi connectivity index (χ1v) is 11.6. The van der Waals surface area contributed by atoms with E-state index in [2.05, 4.69) is 36.4 Å². The molecule has 0 aromatic heterocycles. The van der Waals surface area contributed by atoms with Crippen molar-refractivity contribution in [1.82, 2.24) is 0 Å². The van der Waals surface area contributed by atoms with E-state index in [0.717, 1.165) is 51.4 Å². The zero-order valence-corrected chi connectivity index (χ0v) is 18.5. The summed E-state index contributed by atoms with van der Waals surface area (Å²) in [5.74, 6) is 0.604. The van der Waals surface area contributed by atoms with Crippen molar-refractivity contribution < 1.29 is 19.4 Å². The summed E-state index contributed by atoms with van der Waals surface area (Å²) in [6.07, 6.45) is 9.67. The molecular weight excluding hydrogens is 443 g/mol. The zero-order valence-electron chi connectivity index (χ0n) is 16.4. The third kappa shape index (κ3) is 2.45. The zero-order chi connectivity index (χ0) is 18.8. The van der Waals surface area contributed by atoms with Gasteiger partial charge in [-0.1, -0.05) is 20.3 Å². The largest absolute Gasteiger partial charge is 0.365 e. The van der Waals surface area contributed by atoms with Gasteiger partial charge in [0.25, 0.3) is 0 Å². The van der Waals surface area contributed by atoms with E-state index in [9.17, 15) is 9.90 Å². The number of hydrogen-bond acceptors (Lipinski definition) is 4. The fourth-order valence-electron chi connectivity index (χ4n) is 7.33. The Hall–Kier alpha value is 0.280. The lowest BCUT2D eigenvalue weighted by Crippen LogP contribution is -2.57. The van der Waals surface area contributed by atoms with Gasteiger partial charge in [-0.25, -0.2) is 0 Å². The third-order valence-electron chi connectivity index (χ3n) is 8.68. The maximum atomic E-state index is 12.7. The first-order chi connectivity index (χ1) is 12.3. The molecule has 7 atom stereocenters. The maximum Gasteiger partial charge on any atom is 0.198 e. The van der Waals surface area contributed by atoms with Gasteiger partial charge in [0.1, 0.15) is 11.2 Å². The average Bonchev–Trinajstić information content (AvgIpc) is 3.31. The van der Waals surface area contributed by atoms with Crippen molar-refractivity contribution in [1.29, 1.82) is 0 Å². The highest BCUT2D eigenvalue weighted by atomic mass is 127. The third-order valence-corrected chi connectivity index (χ3v) is 9.76. The van der Waals surface area contributed by atoms with Gasteiger partial charge in [-0.05, 0) is 62.7 Å². The molecule has 5 unspecified atom stereocenters. The Labute approximate surface area is 170 Å². The molecule has 3 saturated carbocycles. The van der Waals surface area contributed by atoms with Crippen molar-refractivity contribution in [3.8, 4) is 0 Å². The van der Waals surface area contributed by atoms with Crippen molar-refractivity contribution in [3.63, 3.8) is 0 Å². The maximum absolute atomic E-state index is 12.7.